The molecule has 5 atom stereocenters. The minimum atomic E-state index is -1.75. The van der Waals surface area contributed by atoms with Crippen LogP contribution in [0.5, 0.6) is 34.5 Å². The van der Waals surface area contributed by atoms with E-state index < -0.39 is 47.6 Å². The zero-order valence-electron chi connectivity index (χ0n) is 18.8. The summed E-state index contributed by atoms with van der Waals surface area (Å²) in [5, 5.41) is 60.6. The van der Waals surface area contributed by atoms with E-state index in [0.29, 0.717) is 0 Å². The molecule has 0 saturated carbocycles. The molecule has 12 nitrogen and oxygen atoms in total. The number of fused-ring (bicyclic) bond motifs is 1. The van der Waals surface area contributed by atoms with E-state index in [4.69, 9.17) is 23.4 Å². The predicted molar refractivity (Wildman–Crippen MR) is 119 cm³/mol. The number of hydrogen-bond donors (Lipinski definition) is 6. The van der Waals surface area contributed by atoms with Crippen LogP contribution in [0, 0.1) is 0 Å². The van der Waals surface area contributed by atoms with E-state index in [1.165, 1.54) is 33.3 Å². The van der Waals surface area contributed by atoms with Gasteiger partial charge in [0.2, 0.25) is 23.2 Å². The average molecular weight is 492 g/mol. The van der Waals surface area contributed by atoms with Gasteiger partial charge >= 0.3 is 0 Å². The lowest BCUT2D eigenvalue weighted by molar-refractivity contribution is -0.268. The van der Waals surface area contributed by atoms with Crippen LogP contribution in [0.4, 0.5) is 0 Å². The van der Waals surface area contributed by atoms with Crippen LogP contribution in [0.2, 0.25) is 0 Å². The minimum Gasteiger partial charge on any atom is -0.508 e. The molecule has 1 saturated heterocycles. The number of hydrogen-bond acceptors (Lipinski definition) is 12. The first kappa shape index (κ1) is 24.4. The fourth-order valence-corrected chi connectivity index (χ4v) is 3.82. The average Bonchev–Trinajstić information content (AvgIpc) is 2.82. The lowest BCUT2D eigenvalue weighted by Crippen LogP contribution is -2.58. The molecule has 4 rings (SSSR count). The first-order valence-electron chi connectivity index (χ1n) is 10.4. The summed E-state index contributed by atoms with van der Waals surface area (Å²) in [6.45, 7) is 1.43. The highest BCUT2D eigenvalue weighted by atomic mass is 16.7. The summed E-state index contributed by atoms with van der Waals surface area (Å²) in [7, 11) is 2.59. The number of phenolic OH excluding ortho intramolecular Hbond substituents is 3. The monoisotopic (exact) mass is 492 g/mol. The number of methoxy groups -OCH3 is 2. The highest BCUT2D eigenvalue weighted by molar-refractivity contribution is 5.88. The fraction of sp³-hybridized carbons (Fsp3) is 0.348. The Kier molecular flexibility index (Phi) is 6.38. The molecule has 6 N–H and O–H groups in total. The molecule has 0 amide bonds. The quantitative estimate of drug-likeness (QED) is 0.294. The van der Waals surface area contributed by atoms with Crippen LogP contribution in [0.15, 0.2) is 33.5 Å². The second-order valence-electron chi connectivity index (χ2n) is 7.96. The van der Waals surface area contributed by atoms with Gasteiger partial charge in [-0.2, -0.15) is 0 Å². The number of rotatable bonds is 5. The van der Waals surface area contributed by atoms with Crippen LogP contribution in [-0.4, -0.2) is 75.6 Å². The first-order chi connectivity index (χ1) is 16.6. The molecule has 35 heavy (non-hydrogen) atoms. The van der Waals surface area contributed by atoms with E-state index >= 15 is 0 Å². The number of aliphatic hydroxyl groups is 3. The highest BCUT2D eigenvalue weighted by Crippen LogP contribution is 2.43. The van der Waals surface area contributed by atoms with Gasteiger partial charge in [-0.15, -0.1) is 0 Å². The third-order valence-corrected chi connectivity index (χ3v) is 5.70. The normalized spacial score (nSPS) is 24.3. The molecule has 0 bridgehead atoms. The van der Waals surface area contributed by atoms with Crippen LogP contribution >= 0.6 is 0 Å². The Morgan fingerprint density at radius 1 is 0.886 bits per heavy atom. The fourth-order valence-electron chi connectivity index (χ4n) is 3.82. The van der Waals surface area contributed by atoms with E-state index in [1.54, 1.807) is 0 Å². The Labute approximate surface area is 197 Å². The molecule has 1 aliphatic rings. The second kappa shape index (κ2) is 9.15. The molecule has 1 aliphatic heterocycles. The Balaban J connectivity index is 1.97. The Morgan fingerprint density at radius 3 is 2.11 bits per heavy atom. The Bertz CT molecular complexity index is 1290. The molecule has 3 aromatic rings. The minimum absolute atomic E-state index is 0.0343. The summed E-state index contributed by atoms with van der Waals surface area (Å²) >= 11 is 0. The Morgan fingerprint density at radius 2 is 1.51 bits per heavy atom. The lowest BCUT2D eigenvalue weighted by atomic mass is 10.00. The number of aliphatic hydroxyl groups excluding tert-OH is 3. The van der Waals surface area contributed by atoms with Crippen molar-refractivity contribution in [2.75, 3.05) is 14.2 Å². The molecule has 188 valence electrons. The van der Waals surface area contributed by atoms with E-state index in [2.05, 4.69) is 0 Å². The maximum atomic E-state index is 13.5. The first-order valence-corrected chi connectivity index (χ1v) is 10.4. The smallest absolute Gasteiger partial charge is 0.239 e. The van der Waals surface area contributed by atoms with Crippen molar-refractivity contribution in [2.24, 2.45) is 0 Å². The second-order valence-corrected chi connectivity index (χ2v) is 7.96. The van der Waals surface area contributed by atoms with E-state index in [0.717, 1.165) is 12.1 Å². The summed E-state index contributed by atoms with van der Waals surface area (Å²) < 4.78 is 27.3. The van der Waals surface area contributed by atoms with Crippen molar-refractivity contribution in [2.45, 2.75) is 37.6 Å². The Hall–Kier alpha value is -3.71. The highest BCUT2D eigenvalue weighted by Gasteiger charge is 2.44. The van der Waals surface area contributed by atoms with Gasteiger partial charge in [-0.25, -0.2) is 0 Å². The van der Waals surface area contributed by atoms with Crippen molar-refractivity contribution < 1.29 is 54.0 Å². The van der Waals surface area contributed by atoms with Crippen molar-refractivity contribution >= 4 is 11.0 Å². The van der Waals surface area contributed by atoms with Crippen molar-refractivity contribution in [1.29, 1.82) is 0 Å². The van der Waals surface area contributed by atoms with Crippen molar-refractivity contribution in [3.05, 3.63) is 34.5 Å². The SMILES string of the molecule is COc1cc(-c2oc3cc(O)cc(O)c3c(=O)c2OC2OC(C)C(O)C(O)C2O)cc(OC)c1O. The largest absolute Gasteiger partial charge is 0.508 e. The molecule has 12 heteroatoms. The molecule has 1 aromatic heterocycles. The van der Waals surface area contributed by atoms with Crippen LogP contribution in [0.1, 0.15) is 6.92 Å². The summed E-state index contributed by atoms with van der Waals surface area (Å²) in [5.74, 6) is -2.16. The van der Waals surface area contributed by atoms with Crippen LogP contribution in [0.25, 0.3) is 22.3 Å². The molecule has 2 aromatic carbocycles. The van der Waals surface area contributed by atoms with Crippen LogP contribution in [-0.2, 0) is 4.74 Å². The van der Waals surface area contributed by atoms with Crippen LogP contribution in [0.3, 0.4) is 0 Å². The van der Waals surface area contributed by atoms with Gasteiger partial charge in [0.25, 0.3) is 0 Å². The molecule has 0 radical (unpaired) electrons. The van der Waals surface area contributed by atoms with Gasteiger partial charge in [-0.3, -0.25) is 4.79 Å². The summed E-state index contributed by atoms with van der Waals surface area (Å²) in [5.41, 5.74) is -0.976. The summed E-state index contributed by atoms with van der Waals surface area (Å²) in [4.78, 5) is 13.5. The van der Waals surface area contributed by atoms with Crippen LogP contribution < -0.4 is 19.6 Å². The van der Waals surface area contributed by atoms with Crippen molar-refractivity contribution in [3.63, 3.8) is 0 Å². The lowest BCUT2D eigenvalue weighted by Gasteiger charge is -2.38. The third-order valence-electron chi connectivity index (χ3n) is 5.70. The van der Waals surface area contributed by atoms with Gasteiger partial charge in [0.1, 0.15) is 40.8 Å². The van der Waals surface area contributed by atoms with Gasteiger partial charge in [0.15, 0.2) is 17.3 Å². The summed E-state index contributed by atoms with van der Waals surface area (Å²) in [6, 6.07) is 4.67. The number of ether oxygens (including phenoxy) is 4. The van der Waals surface area contributed by atoms with E-state index in [-0.39, 0.29) is 45.3 Å². The zero-order valence-corrected chi connectivity index (χ0v) is 18.8. The standard InChI is InChI=1S/C23H24O12/c1-8-16(26)19(29)20(30)23(33-8)35-22-18(28)15-11(25)6-10(24)7-12(15)34-21(22)9-4-13(31-2)17(27)14(5-9)32-3/h4-8,16,19-20,23-27,29-30H,1-3H3. The van der Waals surface area contributed by atoms with Gasteiger partial charge in [0, 0.05) is 17.7 Å². The zero-order chi connectivity index (χ0) is 25.6. The molecule has 1 fully saturated rings. The molecule has 2 heterocycles. The van der Waals surface area contributed by atoms with E-state index in [1.807, 2.05) is 0 Å². The topological polar surface area (TPSA) is 189 Å². The summed E-state index contributed by atoms with van der Waals surface area (Å²) in [6.07, 6.45) is -7.37. The van der Waals surface area contributed by atoms with Gasteiger partial charge in [-0.05, 0) is 19.1 Å². The van der Waals surface area contributed by atoms with Crippen molar-refractivity contribution in [1.82, 2.24) is 0 Å². The molecular formula is C23H24O12. The third kappa shape index (κ3) is 4.17. The maximum Gasteiger partial charge on any atom is 0.239 e. The van der Waals surface area contributed by atoms with Gasteiger partial charge < -0.3 is 54.0 Å². The molecule has 0 spiro atoms. The number of phenols is 3. The molecule has 0 aliphatic carbocycles. The van der Waals surface area contributed by atoms with Crippen molar-refractivity contribution in [3.8, 4) is 45.8 Å². The maximum absolute atomic E-state index is 13.5. The number of aromatic hydroxyl groups is 3. The van der Waals surface area contributed by atoms with Gasteiger partial charge in [0.05, 0.1) is 20.3 Å². The van der Waals surface area contributed by atoms with Gasteiger partial charge in [-0.1, -0.05) is 0 Å². The molecular weight excluding hydrogens is 468 g/mol. The van der Waals surface area contributed by atoms with E-state index in [9.17, 15) is 35.4 Å². The predicted octanol–water partition coefficient (Wildman–Crippen LogP) is 0.800. The number of benzene rings is 2. The molecule has 5 unspecified atom stereocenters.